The molecule has 0 aliphatic rings. The van der Waals surface area contributed by atoms with Crippen molar-refractivity contribution in [2.75, 3.05) is 6.54 Å². The zero-order valence-corrected chi connectivity index (χ0v) is 11.9. The number of ether oxygens (including phenoxy) is 1. The molecule has 0 atom stereocenters. The van der Waals surface area contributed by atoms with Crippen LogP contribution >= 0.6 is 11.6 Å². The van der Waals surface area contributed by atoms with Crippen molar-refractivity contribution < 1.29 is 4.74 Å². The molecule has 1 aromatic carbocycles. The van der Waals surface area contributed by atoms with Crippen LogP contribution < -0.4 is 10.1 Å². The Morgan fingerprint density at radius 1 is 1.29 bits per heavy atom. The fourth-order valence-corrected chi connectivity index (χ4v) is 1.76. The Labute approximate surface area is 109 Å². The Balaban J connectivity index is 2.84. The van der Waals surface area contributed by atoms with Crippen molar-refractivity contribution >= 4 is 11.6 Å². The third kappa shape index (κ3) is 4.97. The zero-order valence-electron chi connectivity index (χ0n) is 11.1. The molecule has 2 nitrogen and oxygen atoms in total. The quantitative estimate of drug-likeness (QED) is 0.803. The number of nitrogens with one attached hydrogen (secondary N) is 1. The van der Waals surface area contributed by atoms with Gasteiger partial charge in [-0.05, 0) is 45.9 Å². The van der Waals surface area contributed by atoms with Gasteiger partial charge < -0.3 is 10.1 Å². The van der Waals surface area contributed by atoms with Crippen molar-refractivity contribution in [1.82, 2.24) is 5.32 Å². The van der Waals surface area contributed by atoms with E-state index < -0.39 is 0 Å². The van der Waals surface area contributed by atoms with Gasteiger partial charge in [0.15, 0.2) is 0 Å². The highest BCUT2D eigenvalue weighted by Gasteiger charge is 2.15. The van der Waals surface area contributed by atoms with Crippen LogP contribution in [0.5, 0.6) is 5.75 Å². The minimum atomic E-state index is -0.204. The molecule has 0 aliphatic heterocycles. The normalized spacial score (nSPS) is 11.6. The van der Waals surface area contributed by atoms with Crippen LogP contribution in [0.25, 0.3) is 0 Å². The largest absolute Gasteiger partial charge is 0.488 e. The maximum Gasteiger partial charge on any atom is 0.126 e. The van der Waals surface area contributed by atoms with Crippen LogP contribution in [0, 0.1) is 0 Å². The van der Waals surface area contributed by atoms with Crippen molar-refractivity contribution in [3.05, 3.63) is 28.8 Å². The molecule has 0 aromatic heterocycles. The van der Waals surface area contributed by atoms with E-state index in [4.69, 9.17) is 16.3 Å². The third-order valence-corrected chi connectivity index (χ3v) is 2.57. The van der Waals surface area contributed by atoms with E-state index in [1.165, 1.54) is 0 Å². The van der Waals surface area contributed by atoms with Gasteiger partial charge in [-0.15, -0.1) is 0 Å². The molecular formula is C14H22ClNO. The summed E-state index contributed by atoms with van der Waals surface area (Å²) in [6, 6.07) is 5.80. The summed E-state index contributed by atoms with van der Waals surface area (Å²) in [5, 5.41) is 4.11. The highest BCUT2D eigenvalue weighted by atomic mass is 35.5. The molecule has 1 aromatic rings. The van der Waals surface area contributed by atoms with E-state index in [-0.39, 0.29) is 5.60 Å². The number of halogens is 1. The SMILES string of the molecule is CCCNCc1c(Cl)cccc1OC(C)(C)C. The molecule has 0 heterocycles. The highest BCUT2D eigenvalue weighted by Crippen LogP contribution is 2.29. The monoisotopic (exact) mass is 255 g/mol. The maximum absolute atomic E-state index is 6.22. The van der Waals surface area contributed by atoms with Crippen LogP contribution in [0.3, 0.4) is 0 Å². The Bertz CT molecular complexity index is 358. The van der Waals surface area contributed by atoms with Crippen molar-refractivity contribution in [2.45, 2.75) is 46.3 Å². The lowest BCUT2D eigenvalue weighted by Gasteiger charge is -2.24. The van der Waals surface area contributed by atoms with Gasteiger partial charge in [0.2, 0.25) is 0 Å². The minimum absolute atomic E-state index is 0.204. The van der Waals surface area contributed by atoms with Gasteiger partial charge in [0.25, 0.3) is 0 Å². The standard InChI is InChI=1S/C14H22ClNO/c1-5-9-16-10-11-12(15)7-6-8-13(11)17-14(2,3)4/h6-8,16H,5,9-10H2,1-4H3. The van der Waals surface area contributed by atoms with Gasteiger partial charge in [-0.2, -0.15) is 0 Å². The minimum Gasteiger partial charge on any atom is -0.488 e. The average molecular weight is 256 g/mol. The van der Waals surface area contributed by atoms with Crippen molar-refractivity contribution in [1.29, 1.82) is 0 Å². The van der Waals surface area contributed by atoms with E-state index in [0.717, 1.165) is 35.8 Å². The van der Waals surface area contributed by atoms with E-state index in [1.54, 1.807) is 0 Å². The van der Waals surface area contributed by atoms with E-state index in [2.05, 4.69) is 12.2 Å². The summed E-state index contributed by atoms with van der Waals surface area (Å²) in [6.07, 6.45) is 1.11. The van der Waals surface area contributed by atoms with E-state index in [1.807, 2.05) is 39.0 Å². The van der Waals surface area contributed by atoms with Crippen molar-refractivity contribution in [3.8, 4) is 5.75 Å². The molecule has 0 spiro atoms. The first-order valence-electron chi connectivity index (χ1n) is 6.11. The average Bonchev–Trinajstić information content (AvgIpc) is 2.20. The van der Waals surface area contributed by atoms with Gasteiger partial charge in [0, 0.05) is 17.1 Å². The van der Waals surface area contributed by atoms with Crippen LogP contribution in [-0.4, -0.2) is 12.1 Å². The van der Waals surface area contributed by atoms with Gasteiger partial charge in [0.1, 0.15) is 11.4 Å². The fourth-order valence-electron chi connectivity index (χ4n) is 1.53. The van der Waals surface area contributed by atoms with Crippen LogP contribution in [0.2, 0.25) is 5.02 Å². The third-order valence-electron chi connectivity index (χ3n) is 2.22. The second kappa shape index (κ2) is 6.27. The zero-order chi connectivity index (χ0) is 12.9. The molecular weight excluding hydrogens is 234 g/mol. The first-order valence-corrected chi connectivity index (χ1v) is 6.49. The molecule has 0 bridgehead atoms. The number of hydrogen-bond acceptors (Lipinski definition) is 2. The molecule has 0 amide bonds. The Kier molecular flexibility index (Phi) is 5.29. The second-order valence-electron chi connectivity index (χ2n) is 5.11. The number of rotatable bonds is 5. The van der Waals surface area contributed by atoms with Gasteiger partial charge >= 0.3 is 0 Å². The molecule has 96 valence electrons. The Hall–Kier alpha value is -0.730. The molecule has 0 fully saturated rings. The molecule has 0 radical (unpaired) electrons. The number of benzene rings is 1. The molecule has 0 unspecified atom stereocenters. The smallest absolute Gasteiger partial charge is 0.126 e. The lowest BCUT2D eigenvalue weighted by Crippen LogP contribution is -2.24. The van der Waals surface area contributed by atoms with Crippen molar-refractivity contribution in [3.63, 3.8) is 0 Å². The predicted molar refractivity (Wildman–Crippen MR) is 73.8 cm³/mol. The van der Waals surface area contributed by atoms with Crippen molar-refractivity contribution in [2.24, 2.45) is 0 Å². The second-order valence-corrected chi connectivity index (χ2v) is 5.51. The molecule has 0 saturated heterocycles. The first kappa shape index (κ1) is 14.3. The fraction of sp³-hybridized carbons (Fsp3) is 0.571. The summed E-state index contributed by atoms with van der Waals surface area (Å²) in [5.41, 5.74) is 0.835. The Morgan fingerprint density at radius 3 is 2.59 bits per heavy atom. The molecule has 17 heavy (non-hydrogen) atoms. The van der Waals surface area contributed by atoms with Crippen LogP contribution in [0.4, 0.5) is 0 Å². The van der Waals surface area contributed by atoms with E-state index >= 15 is 0 Å². The summed E-state index contributed by atoms with van der Waals surface area (Å²) in [4.78, 5) is 0. The van der Waals surface area contributed by atoms with Gasteiger partial charge in [-0.25, -0.2) is 0 Å². The van der Waals surface area contributed by atoms with Crippen LogP contribution in [-0.2, 0) is 6.54 Å². The molecule has 3 heteroatoms. The lowest BCUT2D eigenvalue weighted by molar-refractivity contribution is 0.129. The summed E-state index contributed by atoms with van der Waals surface area (Å²) in [7, 11) is 0. The Morgan fingerprint density at radius 2 is 2.00 bits per heavy atom. The summed E-state index contributed by atoms with van der Waals surface area (Å²) in [5.74, 6) is 0.869. The molecule has 0 aliphatic carbocycles. The molecule has 1 rings (SSSR count). The highest BCUT2D eigenvalue weighted by molar-refractivity contribution is 6.31. The van der Waals surface area contributed by atoms with E-state index in [9.17, 15) is 0 Å². The van der Waals surface area contributed by atoms with Crippen LogP contribution in [0.15, 0.2) is 18.2 Å². The lowest BCUT2D eigenvalue weighted by atomic mass is 10.1. The first-order chi connectivity index (χ1) is 7.94. The maximum atomic E-state index is 6.22. The summed E-state index contributed by atoms with van der Waals surface area (Å²) in [6.45, 7) is 10.00. The van der Waals surface area contributed by atoms with E-state index in [0.29, 0.717) is 0 Å². The van der Waals surface area contributed by atoms with Crippen LogP contribution in [0.1, 0.15) is 39.7 Å². The summed E-state index contributed by atoms with van der Waals surface area (Å²) < 4.78 is 5.92. The number of hydrogen-bond donors (Lipinski definition) is 1. The topological polar surface area (TPSA) is 21.3 Å². The molecule has 1 N–H and O–H groups in total. The summed E-state index contributed by atoms with van der Waals surface area (Å²) >= 11 is 6.22. The van der Waals surface area contributed by atoms with Gasteiger partial charge in [-0.1, -0.05) is 24.6 Å². The predicted octanol–water partition coefficient (Wildman–Crippen LogP) is 4.02. The van der Waals surface area contributed by atoms with Gasteiger partial charge in [-0.3, -0.25) is 0 Å². The van der Waals surface area contributed by atoms with Gasteiger partial charge in [0.05, 0.1) is 0 Å². The molecule has 0 saturated carbocycles.